The molecule has 8 heavy (non-hydrogen) atoms. The van der Waals surface area contributed by atoms with Crippen molar-refractivity contribution in [3.8, 4) is 0 Å². The summed E-state index contributed by atoms with van der Waals surface area (Å²) in [7, 11) is 0. The van der Waals surface area contributed by atoms with Gasteiger partial charge in [0.25, 0.3) is 0 Å². The molecule has 0 aliphatic rings. The molecule has 0 atom stereocenters. The Morgan fingerprint density at radius 3 is 2.75 bits per heavy atom. The molecule has 0 unspecified atom stereocenters. The predicted molar refractivity (Wildman–Crippen MR) is 34.9 cm³/mol. The first kappa shape index (κ1) is 7.61. The Labute approximate surface area is 53.1 Å². The van der Waals surface area contributed by atoms with Gasteiger partial charge >= 0.3 is 0 Å². The van der Waals surface area contributed by atoms with Crippen LogP contribution in [-0.4, -0.2) is 18.3 Å². The number of nitrogens with two attached hydrogens (primary N) is 2. The van der Waals surface area contributed by atoms with Gasteiger partial charge in [-0.2, -0.15) is 0 Å². The first-order valence-corrected chi connectivity index (χ1v) is 2.53. The second-order valence-electron chi connectivity index (χ2n) is 1.16. The zero-order valence-corrected chi connectivity index (χ0v) is 5.20. The second kappa shape index (κ2) is 4.76. The lowest BCUT2D eigenvalue weighted by Crippen LogP contribution is -2.32. The predicted octanol–water partition coefficient (Wildman–Crippen LogP) is -1.29. The molecule has 0 amide bonds. The summed E-state index contributed by atoms with van der Waals surface area (Å²) >= 11 is 4.48. The van der Waals surface area contributed by atoms with Crippen molar-refractivity contribution in [3.05, 3.63) is 0 Å². The summed E-state index contributed by atoms with van der Waals surface area (Å²) in [5.74, 6) is 4.69. The molecular formula is C3H9N3OS. The van der Waals surface area contributed by atoms with Crippen LogP contribution in [0.4, 0.5) is 0 Å². The minimum atomic E-state index is 0.266. The Morgan fingerprint density at radius 2 is 2.38 bits per heavy atom. The largest absolute Gasteiger partial charge is 0.376 e. The number of thiocarbonyl (C=S) groups is 1. The zero-order valence-electron chi connectivity index (χ0n) is 4.39. The smallest absolute Gasteiger partial charge is 0.163 e. The van der Waals surface area contributed by atoms with E-state index >= 15 is 0 Å². The lowest BCUT2D eigenvalue weighted by Gasteiger charge is -1.99. The molecule has 4 nitrogen and oxygen atoms in total. The van der Waals surface area contributed by atoms with Crippen LogP contribution < -0.4 is 16.9 Å². The van der Waals surface area contributed by atoms with E-state index in [0.29, 0.717) is 13.2 Å². The average molecular weight is 135 g/mol. The minimum Gasteiger partial charge on any atom is -0.376 e. The van der Waals surface area contributed by atoms with Crippen LogP contribution in [0.15, 0.2) is 0 Å². The fraction of sp³-hybridized carbons (Fsp3) is 0.667. The number of hydrogen-bond donors (Lipinski definition) is 3. The molecule has 0 aromatic carbocycles. The van der Waals surface area contributed by atoms with Gasteiger partial charge in [0.2, 0.25) is 0 Å². The van der Waals surface area contributed by atoms with Crippen molar-refractivity contribution in [2.24, 2.45) is 11.6 Å². The van der Waals surface area contributed by atoms with E-state index in [9.17, 15) is 0 Å². The molecule has 0 aliphatic heterocycles. The standard InChI is InChI=1S/C3H9N3OS/c4-3(8)6-1-2-7-5/h1-2,5H2,(H3,4,6,8). The van der Waals surface area contributed by atoms with Crippen molar-refractivity contribution < 1.29 is 4.84 Å². The van der Waals surface area contributed by atoms with Crippen LogP contribution >= 0.6 is 12.2 Å². The van der Waals surface area contributed by atoms with Crippen LogP contribution in [-0.2, 0) is 4.84 Å². The van der Waals surface area contributed by atoms with E-state index in [0.717, 1.165) is 0 Å². The topological polar surface area (TPSA) is 73.3 Å². The van der Waals surface area contributed by atoms with Crippen molar-refractivity contribution in [1.29, 1.82) is 0 Å². The average Bonchev–Trinajstić information content (AvgIpc) is 1.66. The molecule has 0 spiro atoms. The molecule has 0 heterocycles. The van der Waals surface area contributed by atoms with E-state index in [1.165, 1.54) is 0 Å². The Morgan fingerprint density at radius 1 is 1.75 bits per heavy atom. The highest BCUT2D eigenvalue weighted by molar-refractivity contribution is 7.80. The molecular weight excluding hydrogens is 126 g/mol. The van der Waals surface area contributed by atoms with Gasteiger partial charge in [-0.15, -0.1) is 0 Å². The Balaban J connectivity index is 2.82. The second-order valence-corrected chi connectivity index (χ2v) is 1.60. The first-order chi connectivity index (χ1) is 3.77. The summed E-state index contributed by atoms with van der Waals surface area (Å²) in [4.78, 5) is 4.21. The van der Waals surface area contributed by atoms with Gasteiger partial charge in [0, 0.05) is 6.54 Å². The van der Waals surface area contributed by atoms with Crippen molar-refractivity contribution in [2.45, 2.75) is 0 Å². The molecule has 0 saturated carbocycles. The van der Waals surface area contributed by atoms with Crippen LogP contribution in [0.5, 0.6) is 0 Å². The highest BCUT2D eigenvalue weighted by atomic mass is 32.1. The Bertz CT molecular complexity index is 76.9. The monoisotopic (exact) mass is 135 g/mol. The molecule has 0 radical (unpaired) electrons. The zero-order chi connectivity index (χ0) is 6.41. The summed E-state index contributed by atoms with van der Waals surface area (Å²) in [6, 6.07) is 0. The van der Waals surface area contributed by atoms with E-state index in [-0.39, 0.29) is 5.11 Å². The fourth-order valence-corrected chi connectivity index (χ4v) is 0.335. The molecule has 0 bridgehead atoms. The third-order valence-corrected chi connectivity index (χ3v) is 0.663. The molecule has 0 rings (SSSR count). The van der Waals surface area contributed by atoms with Crippen molar-refractivity contribution in [2.75, 3.05) is 13.2 Å². The summed E-state index contributed by atoms with van der Waals surface area (Å²) in [6.07, 6.45) is 0. The summed E-state index contributed by atoms with van der Waals surface area (Å²) in [5.41, 5.74) is 5.06. The number of rotatable bonds is 3. The number of nitrogens with one attached hydrogen (secondary N) is 1. The summed E-state index contributed by atoms with van der Waals surface area (Å²) in [5, 5.41) is 2.92. The highest BCUT2D eigenvalue weighted by Crippen LogP contribution is 1.59. The van der Waals surface area contributed by atoms with Gasteiger partial charge in [-0.25, -0.2) is 5.90 Å². The van der Waals surface area contributed by atoms with Crippen molar-refractivity contribution in [1.82, 2.24) is 5.32 Å². The van der Waals surface area contributed by atoms with Gasteiger partial charge < -0.3 is 15.9 Å². The maximum atomic E-state index is 5.06. The van der Waals surface area contributed by atoms with Gasteiger partial charge in [-0.05, 0) is 12.2 Å². The van der Waals surface area contributed by atoms with Gasteiger partial charge in [0.1, 0.15) is 0 Å². The molecule has 0 saturated heterocycles. The SMILES string of the molecule is NOCCNC(N)=S. The Hall–Kier alpha value is -0.390. The lowest BCUT2D eigenvalue weighted by atomic mass is 10.7. The molecule has 5 heteroatoms. The molecule has 0 aromatic rings. The molecule has 5 N–H and O–H groups in total. The van der Waals surface area contributed by atoms with E-state index in [1.807, 2.05) is 0 Å². The van der Waals surface area contributed by atoms with Crippen LogP contribution in [0.25, 0.3) is 0 Å². The van der Waals surface area contributed by atoms with Crippen molar-refractivity contribution >= 4 is 17.3 Å². The Kier molecular flexibility index (Phi) is 4.53. The van der Waals surface area contributed by atoms with E-state index < -0.39 is 0 Å². The van der Waals surface area contributed by atoms with E-state index in [1.54, 1.807) is 0 Å². The maximum Gasteiger partial charge on any atom is 0.163 e. The van der Waals surface area contributed by atoms with Gasteiger partial charge in [0.05, 0.1) is 6.61 Å². The number of hydrogen-bond acceptors (Lipinski definition) is 3. The maximum absolute atomic E-state index is 5.06. The van der Waals surface area contributed by atoms with Crippen LogP contribution in [0.1, 0.15) is 0 Å². The van der Waals surface area contributed by atoms with Gasteiger partial charge in [0.15, 0.2) is 5.11 Å². The van der Waals surface area contributed by atoms with Crippen molar-refractivity contribution in [3.63, 3.8) is 0 Å². The van der Waals surface area contributed by atoms with E-state index in [2.05, 4.69) is 22.4 Å². The summed E-state index contributed by atoms with van der Waals surface area (Å²) in [6.45, 7) is 0.975. The summed E-state index contributed by atoms with van der Waals surface area (Å²) < 4.78 is 0. The normalized spacial score (nSPS) is 8.62. The molecule has 0 fully saturated rings. The minimum absolute atomic E-state index is 0.266. The first-order valence-electron chi connectivity index (χ1n) is 2.12. The fourth-order valence-electron chi connectivity index (χ4n) is 0.233. The van der Waals surface area contributed by atoms with Gasteiger partial charge in [-0.3, -0.25) is 0 Å². The lowest BCUT2D eigenvalue weighted by molar-refractivity contribution is 0.143. The van der Waals surface area contributed by atoms with Crippen LogP contribution in [0.2, 0.25) is 0 Å². The third-order valence-electron chi connectivity index (χ3n) is 0.519. The van der Waals surface area contributed by atoms with Crippen LogP contribution in [0.3, 0.4) is 0 Å². The van der Waals surface area contributed by atoms with Crippen LogP contribution in [0, 0.1) is 0 Å². The highest BCUT2D eigenvalue weighted by Gasteiger charge is 1.83. The third kappa shape index (κ3) is 5.61. The quantitative estimate of drug-likeness (QED) is 0.255. The molecule has 48 valence electrons. The van der Waals surface area contributed by atoms with E-state index in [4.69, 9.17) is 11.6 Å². The molecule has 0 aromatic heterocycles. The molecule has 0 aliphatic carbocycles. The van der Waals surface area contributed by atoms with Gasteiger partial charge in [-0.1, -0.05) is 0 Å².